The van der Waals surface area contributed by atoms with Crippen LogP contribution in [-0.4, -0.2) is 5.11 Å². The molecule has 1 N–H and O–H groups in total. The molecular weight excluding hydrogens is 220 g/mol. The summed E-state index contributed by atoms with van der Waals surface area (Å²) in [6, 6.07) is 5.86. The van der Waals surface area contributed by atoms with Crippen molar-refractivity contribution in [3.05, 3.63) is 34.3 Å². The number of fused-ring (bicyclic) bond motifs is 1. The van der Waals surface area contributed by atoms with Crippen LogP contribution in [0.15, 0.2) is 18.2 Å². The van der Waals surface area contributed by atoms with Gasteiger partial charge in [0.25, 0.3) is 0 Å². The van der Waals surface area contributed by atoms with Gasteiger partial charge >= 0.3 is 0 Å². The van der Waals surface area contributed by atoms with E-state index in [0.29, 0.717) is 11.8 Å². The predicted octanol–water partition coefficient (Wildman–Crippen LogP) is 3.98. The Morgan fingerprint density at radius 3 is 2.81 bits per heavy atom. The lowest BCUT2D eigenvalue weighted by molar-refractivity contribution is 0.132. The smallest absolute Gasteiger partial charge is 0.0796 e. The minimum absolute atomic E-state index is 0.344. The fraction of sp³-hybridized carbons (Fsp3) is 0.571. The molecule has 2 heteroatoms. The Labute approximate surface area is 102 Å². The molecule has 0 fully saturated rings. The molecule has 1 aliphatic rings. The monoisotopic (exact) mass is 238 g/mol. The van der Waals surface area contributed by atoms with Crippen LogP contribution < -0.4 is 0 Å². The molecular formula is C14H19ClO. The van der Waals surface area contributed by atoms with Gasteiger partial charge in [-0.2, -0.15) is 0 Å². The Bertz CT molecular complexity index is 373. The molecule has 2 atom stereocenters. The van der Waals surface area contributed by atoms with Crippen LogP contribution in [0.5, 0.6) is 0 Å². The van der Waals surface area contributed by atoms with E-state index in [0.717, 1.165) is 35.4 Å². The molecule has 0 aliphatic heterocycles. The number of hydrogen-bond acceptors (Lipinski definition) is 1. The van der Waals surface area contributed by atoms with Gasteiger partial charge in [-0.3, -0.25) is 0 Å². The second kappa shape index (κ2) is 4.77. The SMILES string of the molecule is CC(C)C1CCc2c(Cl)cccc2C(O)C1. The molecule has 2 rings (SSSR count). The average Bonchev–Trinajstić information content (AvgIpc) is 2.40. The van der Waals surface area contributed by atoms with Crippen molar-refractivity contribution in [2.75, 3.05) is 0 Å². The van der Waals surface area contributed by atoms with Crippen LogP contribution in [0.1, 0.15) is 43.9 Å². The predicted molar refractivity (Wildman–Crippen MR) is 67.7 cm³/mol. The summed E-state index contributed by atoms with van der Waals surface area (Å²) in [5, 5.41) is 11.0. The van der Waals surface area contributed by atoms with Gasteiger partial charge in [0.15, 0.2) is 0 Å². The molecule has 0 heterocycles. The molecule has 0 radical (unpaired) electrons. The maximum absolute atomic E-state index is 10.2. The zero-order valence-corrected chi connectivity index (χ0v) is 10.7. The molecule has 16 heavy (non-hydrogen) atoms. The van der Waals surface area contributed by atoms with Crippen LogP contribution >= 0.6 is 11.6 Å². The first-order chi connectivity index (χ1) is 7.59. The van der Waals surface area contributed by atoms with Crippen molar-refractivity contribution < 1.29 is 5.11 Å². The van der Waals surface area contributed by atoms with E-state index in [1.54, 1.807) is 0 Å². The van der Waals surface area contributed by atoms with Crippen molar-refractivity contribution in [3.8, 4) is 0 Å². The summed E-state index contributed by atoms with van der Waals surface area (Å²) in [5.41, 5.74) is 2.19. The van der Waals surface area contributed by atoms with Crippen molar-refractivity contribution in [3.63, 3.8) is 0 Å². The molecule has 0 saturated heterocycles. The van der Waals surface area contributed by atoms with Crippen LogP contribution in [-0.2, 0) is 6.42 Å². The summed E-state index contributed by atoms with van der Waals surface area (Å²) < 4.78 is 0. The number of aliphatic hydroxyl groups excluding tert-OH is 1. The van der Waals surface area contributed by atoms with Crippen molar-refractivity contribution >= 4 is 11.6 Å². The van der Waals surface area contributed by atoms with Gasteiger partial charge in [0.2, 0.25) is 0 Å². The van der Waals surface area contributed by atoms with Gasteiger partial charge in [-0.05, 0) is 48.3 Å². The van der Waals surface area contributed by atoms with Crippen molar-refractivity contribution in [2.45, 2.75) is 39.2 Å². The highest BCUT2D eigenvalue weighted by Crippen LogP contribution is 2.37. The highest BCUT2D eigenvalue weighted by molar-refractivity contribution is 6.31. The van der Waals surface area contributed by atoms with E-state index in [1.165, 1.54) is 0 Å². The third kappa shape index (κ3) is 2.26. The number of aliphatic hydroxyl groups is 1. The molecule has 0 amide bonds. The normalized spacial score (nSPS) is 25.3. The van der Waals surface area contributed by atoms with Crippen LogP contribution in [0.25, 0.3) is 0 Å². The number of rotatable bonds is 1. The van der Waals surface area contributed by atoms with Crippen LogP contribution in [0.2, 0.25) is 5.02 Å². The lowest BCUT2D eigenvalue weighted by Gasteiger charge is -2.20. The summed E-state index contributed by atoms with van der Waals surface area (Å²) in [7, 11) is 0. The van der Waals surface area contributed by atoms with E-state index in [1.807, 2.05) is 18.2 Å². The quantitative estimate of drug-likeness (QED) is 0.734. The maximum Gasteiger partial charge on any atom is 0.0796 e. The van der Waals surface area contributed by atoms with Crippen molar-refractivity contribution in [1.29, 1.82) is 0 Å². The van der Waals surface area contributed by atoms with Gasteiger partial charge < -0.3 is 5.11 Å². The number of hydrogen-bond donors (Lipinski definition) is 1. The van der Waals surface area contributed by atoms with Gasteiger partial charge in [0.1, 0.15) is 0 Å². The second-order valence-corrected chi connectivity index (χ2v) is 5.51. The molecule has 88 valence electrons. The lowest BCUT2D eigenvalue weighted by Crippen LogP contribution is -2.11. The fourth-order valence-corrected chi connectivity index (χ4v) is 2.89. The Balaban J connectivity index is 2.32. The summed E-state index contributed by atoms with van der Waals surface area (Å²) in [4.78, 5) is 0. The standard InChI is InChI=1S/C14H19ClO/c1-9(2)10-6-7-11-12(14(16)8-10)4-3-5-13(11)15/h3-5,9-10,14,16H,6-8H2,1-2H3. The fourth-order valence-electron chi connectivity index (χ4n) is 2.62. The van der Waals surface area contributed by atoms with Gasteiger partial charge in [0.05, 0.1) is 6.10 Å². The Hall–Kier alpha value is -0.530. The second-order valence-electron chi connectivity index (χ2n) is 5.10. The number of benzene rings is 1. The van der Waals surface area contributed by atoms with E-state index in [-0.39, 0.29) is 6.10 Å². The Morgan fingerprint density at radius 2 is 2.12 bits per heavy atom. The lowest BCUT2D eigenvalue weighted by atomic mass is 9.88. The molecule has 1 aliphatic carbocycles. The van der Waals surface area contributed by atoms with E-state index in [9.17, 15) is 5.11 Å². The Kier molecular flexibility index (Phi) is 3.56. The first kappa shape index (κ1) is 11.9. The summed E-state index contributed by atoms with van der Waals surface area (Å²) in [6.45, 7) is 4.46. The highest BCUT2D eigenvalue weighted by Gasteiger charge is 2.25. The summed E-state index contributed by atoms with van der Waals surface area (Å²) in [5.74, 6) is 1.22. The maximum atomic E-state index is 10.2. The first-order valence-electron chi connectivity index (χ1n) is 6.05. The van der Waals surface area contributed by atoms with Crippen LogP contribution in [0.4, 0.5) is 0 Å². The molecule has 0 bridgehead atoms. The Morgan fingerprint density at radius 1 is 1.38 bits per heavy atom. The van der Waals surface area contributed by atoms with E-state index >= 15 is 0 Å². The first-order valence-corrected chi connectivity index (χ1v) is 6.42. The van der Waals surface area contributed by atoms with E-state index < -0.39 is 0 Å². The molecule has 1 aromatic rings. The van der Waals surface area contributed by atoms with Crippen molar-refractivity contribution in [2.24, 2.45) is 11.8 Å². The van der Waals surface area contributed by atoms with Crippen molar-refractivity contribution in [1.82, 2.24) is 0 Å². The third-order valence-electron chi connectivity index (χ3n) is 3.75. The average molecular weight is 239 g/mol. The van der Waals surface area contributed by atoms with Crippen LogP contribution in [0, 0.1) is 11.8 Å². The molecule has 2 unspecified atom stereocenters. The van der Waals surface area contributed by atoms with E-state index in [2.05, 4.69) is 13.8 Å². The highest BCUT2D eigenvalue weighted by atomic mass is 35.5. The topological polar surface area (TPSA) is 20.2 Å². The van der Waals surface area contributed by atoms with Gasteiger partial charge in [-0.1, -0.05) is 37.6 Å². The minimum Gasteiger partial charge on any atom is -0.388 e. The number of halogens is 1. The third-order valence-corrected chi connectivity index (χ3v) is 4.10. The molecule has 0 spiro atoms. The zero-order chi connectivity index (χ0) is 11.7. The molecule has 0 saturated carbocycles. The zero-order valence-electron chi connectivity index (χ0n) is 9.91. The summed E-state index contributed by atoms with van der Waals surface area (Å²) >= 11 is 6.20. The minimum atomic E-state index is -0.344. The van der Waals surface area contributed by atoms with Gasteiger partial charge in [0, 0.05) is 5.02 Å². The molecule has 1 aromatic carbocycles. The summed E-state index contributed by atoms with van der Waals surface area (Å²) in [6.07, 6.45) is 2.65. The van der Waals surface area contributed by atoms with E-state index in [4.69, 9.17) is 11.6 Å². The van der Waals surface area contributed by atoms with Gasteiger partial charge in [-0.25, -0.2) is 0 Å². The largest absolute Gasteiger partial charge is 0.388 e. The molecule has 1 nitrogen and oxygen atoms in total. The van der Waals surface area contributed by atoms with Gasteiger partial charge in [-0.15, -0.1) is 0 Å². The van der Waals surface area contributed by atoms with Crippen LogP contribution in [0.3, 0.4) is 0 Å². The molecule has 0 aromatic heterocycles.